The molecule has 0 fully saturated rings. The van der Waals surface area contributed by atoms with Crippen molar-refractivity contribution in [2.45, 2.75) is 13.8 Å². The molecule has 0 spiro atoms. The van der Waals surface area contributed by atoms with E-state index in [1.165, 1.54) is 0 Å². The molecule has 0 radical (unpaired) electrons. The number of carbonyl (C=O) groups is 2. The number of fused-ring (bicyclic) bond motifs is 2. The van der Waals surface area contributed by atoms with E-state index in [-0.39, 0.29) is 11.6 Å². The Labute approximate surface area is 146 Å². The molecule has 1 aliphatic rings. The second kappa shape index (κ2) is 5.71. The molecular formula is C22H17NO2. The van der Waals surface area contributed by atoms with Crippen molar-refractivity contribution in [3.8, 4) is 0 Å². The number of ketones is 2. The molecule has 1 N–H and O–H groups in total. The quantitative estimate of drug-likeness (QED) is 0.574. The van der Waals surface area contributed by atoms with E-state index in [4.69, 9.17) is 0 Å². The first-order valence-electron chi connectivity index (χ1n) is 8.22. The first-order chi connectivity index (χ1) is 12.1. The van der Waals surface area contributed by atoms with Gasteiger partial charge in [-0.25, -0.2) is 0 Å². The summed E-state index contributed by atoms with van der Waals surface area (Å²) in [7, 11) is 0. The molecule has 3 nitrogen and oxygen atoms in total. The standard InChI is InChI=1S/C22H17NO2/c1-13-6-5-7-15(12-13)23-18-11-10-14(2)19-20(18)22(25)17-9-4-3-8-16(17)21(19)24/h3-12,23H,1-2H3. The Morgan fingerprint density at radius 3 is 2.08 bits per heavy atom. The highest BCUT2D eigenvalue weighted by Crippen LogP contribution is 2.35. The van der Waals surface area contributed by atoms with Crippen LogP contribution in [0.5, 0.6) is 0 Å². The van der Waals surface area contributed by atoms with Gasteiger partial charge >= 0.3 is 0 Å². The van der Waals surface area contributed by atoms with Gasteiger partial charge in [-0.2, -0.15) is 0 Å². The highest BCUT2D eigenvalue weighted by Gasteiger charge is 2.32. The summed E-state index contributed by atoms with van der Waals surface area (Å²) in [6.45, 7) is 3.88. The summed E-state index contributed by atoms with van der Waals surface area (Å²) in [5, 5.41) is 3.31. The maximum atomic E-state index is 13.1. The topological polar surface area (TPSA) is 46.2 Å². The van der Waals surface area contributed by atoms with E-state index < -0.39 is 0 Å². The Kier molecular flexibility index (Phi) is 3.50. The Morgan fingerprint density at radius 2 is 1.40 bits per heavy atom. The molecule has 0 amide bonds. The lowest BCUT2D eigenvalue weighted by Crippen LogP contribution is -2.23. The van der Waals surface area contributed by atoms with Gasteiger partial charge in [-0.1, -0.05) is 42.5 Å². The Balaban J connectivity index is 1.90. The molecule has 0 bridgehead atoms. The fraction of sp³-hybridized carbons (Fsp3) is 0.0909. The number of anilines is 2. The summed E-state index contributed by atoms with van der Waals surface area (Å²) in [5.74, 6) is -0.195. The molecule has 0 saturated carbocycles. The van der Waals surface area contributed by atoms with Gasteiger partial charge < -0.3 is 5.32 Å². The van der Waals surface area contributed by atoms with Crippen molar-refractivity contribution in [3.63, 3.8) is 0 Å². The molecule has 0 unspecified atom stereocenters. The molecule has 1 aliphatic carbocycles. The van der Waals surface area contributed by atoms with Crippen LogP contribution in [-0.4, -0.2) is 11.6 Å². The van der Waals surface area contributed by atoms with Crippen molar-refractivity contribution in [2.24, 2.45) is 0 Å². The number of nitrogens with one attached hydrogen (secondary N) is 1. The van der Waals surface area contributed by atoms with Crippen molar-refractivity contribution in [2.75, 3.05) is 5.32 Å². The van der Waals surface area contributed by atoms with E-state index in [0.717, 1.165) is 16.8 Å². The summed E-state index contributed by atoms with van der Waals surface area (Å²) in [6.07, 6.45) is 0. The van der Waals surface area contributed by atoms with Crippen LogP contribution in [0.15, 0.2) is 60.7 Å². The molecule has 0 aliphatic heterocycles. The lowest BCUT2D eigenvalue weighted by Gasteiger charge is -2.22. The minimum atomic E-state index is -0.107. The van der Waals surface area contributed by atoms with E-state index in [1.54, 1.807) is 24.3 Å². The SMILES string of the molecule is Cc1cccc(Nc2ccc(C)c3c2C(=O)c2ccccc2C3=O)c1. The van der Waals surface area contributed by atoms with E-state index in [2.05, 4.69) is 5.32 Å². The molecule has 4 rings (SSSR count). The number of carbonyl (C=O) groups excluding carboxylic acids is 2. The van der Waals surface area contributed by atoms with Crippen molar-refractivity contribution in [3.05, 3.63) is 94.0 Å². The monoisotopic (exact) mass is 327 g/mol. The smallest absolute Gasteiger partial charge is 0.196 e. The van der Waals surface area contributed by atoms with Crippen LogP contribution in [0.2, 0.25) is 0 Å². The summed E-state index contributed by atoms with van der Waals surface area (Å²) < 4.78 is 0. The molecular weight excluding hydrogens is 310 g/mol. The van der Waals surface area contributed by atoms with Crippen LogP contribution >= 0.6 is 0 Å². The summed E-state index contributed by atoms with van der Waals surface area (Å²) in [5.41, 5.74) is 5.42. The zero-order valence-corrected chi connectivity index (χ0v) is 14.1. The fourth-order valence-corrected chi connectivity index (χ4v) is 3.37. The third-order valence-electron chi connectivity index (χ3n) is 4.58. The summed E-state index contributed by atoms with van der Waals surface area (Å²) >= 11 is 0. The number of hydrogen-bond donors (Lipinski definition) is 1. The molecule has 0 saturated heterocycles. The third-order valence-corrected chi connectivity index (χ3v) is 4.58. The van der Waals surface area contributed by atoms with Crippen LogP contribution in [0.25, 0.3) is 0 Å². The van der Waals surface area contributed by atoms with Gasteiger partial charge in [-0.05, 0) is 43.2 Å². The first kappa shape index (κ1) is 15.3. The maximum absolute atomic E-state index is 13.1. The van der Waals surface area contributed by atoms with Crippen LogP contribution < -0.4 is 5.32 Å². The number of aryl methyl sites for hydroxylation is 2. The molecule has 3 aromatic carbocycles. The zero-order valence-electron chi connectivity index (χ0n) is 14.1. The fourth-order valence-electron chi connectivity index (χ4n) is 3.37. The average molecular weight is 327 g/mol. The minimum Gasteiger partial charge on any atom is -0.355 e. The lowest BCUT2D eigenvalue weighted by molar-refractivity contribution is 0.0979. The normalized spacial score (nSPS) is 12.6. The molecule has 3 heteroatoms. The summed E-state index contributed by atoms with van der Waals surface area (Å²) in [4.78, 5) is 26.0. The van der Waals surface area contributed by atoms with Crippen molar-refractivity contribution in [1.82, 2.24) is 0 Å². The van der Waals surface area contributed by atoms with E-state index >= 15 is 0 Å². The first-order valence-corrected chi connectivity index (χ1v) is 8.22. The van der Waals surface area contributed by atoms with E-state index in [9.17, 15) is 9.59 Å². The van der Waals surface area contributed by atoms with Crippen LogP contribution in [0.1, 0.15) is 43.0 Å². The van der Waals surface area contributed by atoms with Gasteiger partial charge in [-0.3, -0.25) is 9.59 Å². The highest BCUT2D eigenvalue weighted by atomic mass is 16.1. The number of rotatable bonds is 2. The van der Waals surface area contributed by atoms with Gasteiger partial charge in [-0.15, -0.1) is 0 Å². The van der Waals surface area contributed by atoms with Gasteiger partial charge in [0.05, 0.1) is 11.3 Å². The van der Waals surface area contributed by atoms with Gasteiger partial charge in [0, 0.05) is 22.4 Å². The van der Waals surface area contributed by atoms with E-state index in [1.807, 2.05) is 50.2 Å². The van der Waals surface area contributed by atoms with Gasteiger partial charge in [0.2, 0.25) is 0 Å². The van der Waals surface area contributed by atoms with Crippen molar-refractivity contribution >= 4 is 22.9 Å². The minimum absolute atomic E-state index is 0.0874. The molecule has 3 aromatic rings. The van der Waals surface area contributed by atoms with Crippen LogP contribution in [0, 0.1) is 13.8 Å². The zero-order chi connectivity index (χ0) is 17.6. The van der Waals surface area contributed by atoms with Crippen LogP contribution in [0.3, 0.4) is 0 Å². The molecule has 0 atom stereocenters. The third kappa shape index (κ3) is 2.45. The van der Waals surface area contributed by atoms with Gasteiger partial charge in [0.1, 0.15) is 0 Å². The van der Waals surface area contributed by atoms with E-state index in [0.29, 0.717) is 27.9 Å². The molecule has 0 aromatic heterocycles. The second-order valence-corrected chi connectivity index (χ2v) is 6.38. The second-order valence-electron chi connectivity index (χ2n) is 6.38. The van der Waals surface area contributed by atoms with Gasteiger partial charge in [0.25, 0.3) is 0 Å². The Morgan fingerprint density at radius 1 is 0.720 bits per heavy atom. The van der Waals surface area contributed by atoms with Gasteiger partial charge in [0.15, 0.2) is 11.6 Å². The lowest BCUT2D eigenvalue weighted by atomic mass is 9.81. The number of benzene rings is 3. The average Bonchev–Trinajstić information content (AvgIpc) is 2.61. The molecule has 25 heavy (non-hydrogen) atoms. The van der Waals surface area contributed by atoms with Crippen molar-refractivity contribution in [1.29, 1.82) is 0 Å². The largest absolute Gasteiger partial charge is 0.355 e. The maximum Gasteiger partial charge on any atom is 0.196 e. The molecule has 0 heterocycles. The van der Waals surface area contributed by atoms with Crippen LogP contribution in [0.4, 0.5) is 11.4 Å². The summed E-state index contributed by atoms with van der Waals surface area (Å²) in [6, 6.07) is 18.7. The number of hydrogen-bond acceptors (Lipinski definition) is 3. The molecule has 122 valence electrons. The highest BCUT2D eigenvalue weighted by molar-refractivity contribution is 6.30. The predicted octanol–water partition coefficient (Wildman–Crippen LogP) is 4.82. The van der Waals surface area contributed by atoms with Crippen molar-refractivity contribution < 1.29 is 9.59 Å². The Bertz CT molecular complexity index is 1030. The predicted molar refractivity (Wildman–Crippen MR) is 98.9 cm³/mol. The van der Waals surface area contributed by atoms with Crippen LogP contribution in [-0.2, 0) is 0 Å². The Hall–Kier alpha value is -3.20.